The number of alkyl halides is 1. The molecule has 8 atom stereocenters. The molecule has 1 heterocycles. The van der Waals surface area contributed by atoms with Crippen LogP contribution in [-0.4, -0.2) is 51.9 Å². The molecule has 5 nitrogen and oxygen atoms in total. The Bertz CT molecular complexity index is 863. The summed E-state index contributed by atoms with van der Waals surface area (Å²) in [6, 6.07) is 0. The zero-order chi connectivity index (χ0) is 20.3. The first-order valence-corrected chi connectivity index (χ1v) is 10.2. The Morgan fingerprint density at radius 1 is 1.36 bits per heavy atom. The number of rotatable bonds is 2. The van der Waals surface area contributed by atoms with Gasteiger partial charge in [0.2, 0.25) is 0 Å². The van der Waals surface area contributed by atoms with Gasteiger partial charge in [-0.25, -0.2) is 4.39 Å². The third-order valence-electron chi connectivity index (χ3n) is 8.98. The number of ether oxygens (including phenoxy) is 1. The summed E-state index contributed by atoms with van der Waals surface area (Å²) in [5.41, 5.74) is -2.51. The molecule has 0 aromatic heterocycles. The van der Waals surface area contributed by atoms with Crippen LogP contribution in [0.2, 0.25) is 0 Å². The number of aliphatic hydroxyl groups is 2. The first-order chi connectivity index (χ1) is 13.0. The van der Waals surface area contributed by atoms with E-state index in [1.807, 2.05) is 19.9 Å². The molecule has 5 rings (SSSR count). The van der Waals surface area contributed by atoms with E-state index in [4.69, 9.17) is 4.74 Å². The third-order valence-corrected chi connectivity index (χ3v) is 8.98. The van der Waals surface area contributed by atoms with Gasteiger partial charge in [-0.2, -0.15) is 0 Å². The lowest BCUT2D eigenvalue weighted by Gasteiger charge is -2.56. The normalized spacial score (nSPS) is 54.0. The lowest BCUT2D eigenvalue weighted by atomic mass is 9.46. The van der Waals surface area contributed by atoms with Gasteiger partial charge in [0.05, 0.1) is 6.10 Å². The van der Waals surface area contributed by atoms with E-state index < -0.39 is 40.6 Å². The molecule has 28 heavy (non-hydrogen) atoms. The van der Waals surface area contributed by atoms with Crippen LogP contribution >= 0.6 is 0 Å². The van der Waals surface area contributed by atoms with Gasteiger partial charge in [0.25, 0.3) is 0 Å². The van der Waals surface area contributed by atoms with Gasteiger partial charge >= 0.3 is 0 Å². The average Bonchev–Trinajstić information content (AvgIpc) is 3.30. The summed E-state index contributed by atoms with van der Waals surface area (Å²) in [4.78, 5) is 24.6. The number of ketones is 2. The van der Waals surface area contributed by atoms with E-state index in [1.54, 1.807) is 6.92 Å². The Hall–Kier alpha value is -1.37. The van der Waals surface area contributed by atoms with E-state index >= 15 is 4.39 Å². The minimum Gasteiger partial charge on any atom is -0.388 e. The molecule has 2 unspecified atom stereocenters. The van der Waals surface area contributed by atoms with Crippen molar-refractivity contribution in [1.29, 1.82) is 0 Å². The molecule has 0 radical (unpaired) electrons. The highest BCUT2D eigenvalue weighted by Crippen LogP contribution is 2.76. The van der Waals surface area contributed by atoms with Crippen LogP contribution in [0.5, 0.6) is 0 Å². The maximum atomic E-state index is 15.3. The number of halogens is 1. The molecule has 1 aliphatic heterocycles. The Labute approximate surface area is 163 Å². The third kappa shape index (κ3) is 1.79. The summed E-state index contributed by atoms with van der Waals surface area (Å²) >= 11 is 0. The summed E-state index contributed by atoms with van der Waals surface area (Å²) in [5, 5.41) is 20.7. The van der Waals surface area contributed by atoms with Crippen LogP contribution in [0.4, 0.5) is 4.39 Å². The van der Waals surface area contributed by atoms with Crippen LogP contribution < -0.4 is 0 Å². The smallest absolute Gasteiger partial charge is 0.190 e. The molecule has 4 aliphatic carbocycles. The summed E-state index contributed by atoms with van der Waals surface area (Å²) < 4.78 is 21.7. The van der Waals surface area contributed by atoms with Crippen molar-refractivity contribution in [2.24, 2.45) is 22.7 Å². The second kappa shape index (κ2) is 5.21. The number of allylic oxidation sites excluding steroid dienone is 2. The van der Waals surface area contributed by atoms with Crippen LogP contribution in [0, 0.1) is 22.7 Å². The Kier molecular flexibility index (Phi) is 3.47. The molecule has 2 N–H and O–H groups in total. The molecule has 4 fully saturated rings. The number of carbonyl (C=O) groups excluding carboxylic acids is 2. The average molecular weight is 390 g/mol. The quantitative estimate of drug-likeness (QED) is 0.705. The van der Waals surface area contributed by atoms with Gasteiger partial charge in [0.1, 0.15) is 24.0 Å². The molecule has 0 aromatic rings. The SMILES string of the molecule is CC1=C[C@@]2(C)C(=CC1=O)C(F)C[C@H]1[C@@H]3CC[C@](O)(C(=O)CO)[C@@]3(C)CC3O[C@]312. The maximum Gasteiger partial charge on any atom is 0.190 e. The summed E-state index contributed by atoms with van der Waals surface area (Å²) in [5.74, 6) is -0.920. The van der Waals surface area contributed by atoms with E-state index in [2.05, 4.69) is 0 Å². The largest absolute Gasteiger partial charge is 0.388 e. The second-order valence-electron chi connectivity index (χ2n) is 9.91. The highest BCUT2D eigenvalue weighted by molar-refractivity contribution is 6.05. The lowest BCUT2D eigenvalue weighted by molar-refractivity contribution is -0.160. The Balaban J connectivity index is 1.62. The van der Waals surface area contributed by atoms with Crippen LogP contribution in [0.3, 0.4) is 0 Å². The number of hydrogen-bond acceptors (Lipinski definition) is 5. The molecule has 6 heteroatoms. The lowest BCUT2D eigenvalue weighted by Crippen LogP contribution is -2.62. The molecule has 152 valence electrons. The van der Waals surface area contributed by atoms with Gasteiger partial charge in [-0.05, 0) is 68.6 Å². The summed E-state index contributed by atoms with van der Waals surface area (Å²) in [6.07, 6.45) is 3.51. The van der Waals surface area contributed by atoms with Crippen LogP contribution in [0.15, 0.2) is 23.3 Å². The van der Waals surface area contributed by atoms with Crippen LogP contribution in [0.25, 0.3) is 0 Å². The van der Waals surface area contributed by atoms with Gasteiger partial charge in [0, 0.05) is 10.8 Å². The molecular weight excluding hydrogens is 363 g/mol. The van der Waals surface area contributed by atoms with Crippen molar-refractivity contribution in [3.8, 4) is 0 Å². The fourth-order valence-corrected chi connectivity index (χ4v) is 7.51. The molecule has 0 aromatic carbocycles. The van der Waals surface area contributed by atoms with Crippen molar-refractivity contribution in [3.63, 3.8) is 0 Å². The van der Waals surface area contributed by atoms with Crippen molar-refractivity contribution in [3.05, 3.63) is 23.3 Å². The van der Waals surface area contributed by atoms with E-state index in [9.17, 15) is 19.8 Å². The highest BCUT2D eigenvalue weighted by atomic mass is 19.1. The number of Topliss-reactive ketones (excluding diaryl/α,β-unsaturated/α-hetero) is 1. The topological polar surface area (TPSA) is 87.1 Å². The van der Waals surface area contributed by atoms with E-state index in [-0.39, 0.29) is 36.6 Å². The van der Waals surface area contributed by atoms with Gasteiger partial charge in [-0.1, -0.05) is 13.0 Å². The molecular formula is C22H27FO5. The van der Waals surface area contributed by atoms with Crippen LogP contribution in [-0.2, 0) is 14.3 Å². The number of fused-ring (bicyclic) bond motifs is 3. The van der Waals surface area contributed by atoms with Gasteiger partial charge in [-0.15, -0.1) is 0 Å². The Morgan fingerprint density at radius 3 is 2.75 bits per heavy atom. The molecule has 3 saturated carbocycles. The number of hydrogen-bond donors (Lipinski definition) is 2. The van der Waals surface area contributed by atoms with Gasteiger partial charge < -0.3 is 14.9 Å². The van der Waals surface area contributed by atoms with Gasteiger partial charge in [0.15, 0.2) is 11.6 Å². The number of aliphatic hydroxyl groups excluding tert-OH is 1. The molecule has 1 spiro atoms. The van der Waals surface area contributed by atoms with Crippen molar-refractivity contribution in [1.82, 2.24) is 0 Å². The standard InChI is InChI=1S/C22H27FO5/c1-11-8-20(3)14(7-16(11)25)15(23)6-13-12-4-5-21(27,17(26)10-24)19(12,2)9-18-22(13,20)28-18/h7-8,12-13,15,18,24,27H,4-6,9-10H2,1-3H3/t12-,13-,15?,18?,19-,20-,21-,22-/m0/s1. The first-order valence-electron chi connectivity index (χ1n) is 10.2. The first kappa shape index (κ1) is 18.6. The van der Waals surface area contributed by atoms with Crippen molar-refractivity contribution >= 4 is 11.6 Å². The van der Waals surface area contributed by atoms with Crippen molar-refractivity contribution in [2.75, 3.05) is 6.61 Å². The highest BCUT2D eigenvalue weighted by Gasteiger charge is 2.82. The fraction of sp³-hybridized carbons (Fsp3) is 0.727. The summed E-state index contributed by atoms with van der Waals surface area (Å²) in [6.45, 7) is 4.93. The Morgan fingerprint density at radius 2 is 2.07 bits per heavy atom. The fourth-order valence-electron chi connectivity index (χ4n) is 7.51. The zero-order valence-corrected chi connectivity index (χ0v) is 16.5. The second-order valence-corrected chi connectivity index (χ2v) is 9.91. The monoisotopic (exact) mass is 390 g/mol. The molecule has 1 saturated heterocycles. The molecule has 5 aliphatic rings. The minimum atomic E-state index is -1.60. The van der Waals surface area contributed by atoms with E-state index in [0.717, 1.165) is 0 Å². The summed E-state index contributed by atoms with van der Waals surface area (Å²) in [7, 11) is 0. The molecule has 0 bridgehead atoms. The van der Waals surface area contributed by atoms with Crippen molar-refractivity contribution in [2.45, 2.75) is 69.9 Å². The minimum absolute atomic E-state index is 0.0743. The van der Waals surface area contributed by atoms with Crippen LogP contribution in [0.1, 0.15) is 46.5 Å². The number of carbonyl (C=O) groups is 2. The van der Waals surface area contributed by atoms with E-state index in [1.165, 1.54) is 6.08 Å². The van der Waals surface area contributed by atoms with Crippen molar-refractivity contribution < 1.29 is 28.9 Å². The van der Waals surface area contributed by atoms with E-state index in [0.29, 0.717) is 24.0 Å². The zero-order valence-electron chi connectivity index (χ0n) is 16.5. The number of epoxide rings is 1. The predicted molar refractivity (Wildman–Crippen MR) is 98.1 cm³/mol. The molecule has 0 amide bonds. The predicted octanol–water partition coefficient (Wildman–Crippen LogP) is 2.06. The maximum absolute atomic E-state index is 15.3. The van der Waals surface area contributed by atoms with Gasteiger partial charge in [-0.3, -0.25) is 9.59 Å².